The lowest BCUT2D eigenvalue weighted by Gasteiger charge is -1.99. The van der Waals surface area contributed by atoms with Gasteiger partial charge >= 0.3 is 0 Å². The molecule has 0 aliphatic heterocycles. The largest absolute Gasteiger partial charge is 0.298 e. The van der Waals surface area contributed by atoms with E-state index in [9.17, 15) is 9.18 Å². The highest BCUT2D eigenvalue weighted by Crippen LogP contribution is 2.16. The van der Waals surface area contributed by atoms with Gasteiger partial charge in [-0.15, -0.1) is 0 Å². The lowest BCUT2D eigenvalue weighted by atomic mass is 10.1. The van der Waals surface area contributed by atoms with Crippen LogP contribution in [0.1, 0.15) is 10.4 Å². The smallest absolute Gasteiger partial charge is 0.154 e. The van der Waals surface area contributed by atoms with Gasteiger partial charge in [-0.25, -0.2) is 4.39 Å². The second-order valence-electron chi connectivity index (χ2n) is 2.66. The van der Waals surface area contributed by atoms with Gasteiger partial charge in [0.2, 0.25) is 0 Å². The Hall–Kier alpha value is -1.77. The first-order chi connectivity index (χ1) is 6.33. The number of hydrogen-bond acceptors (Lipinski definition) is 2. The predicted molar refractivity (Wildman–Crippen MR) is 47.1 cm³/mol. The second-order valence-corrected chi connectivity index (χ2v) is 2.66. The Labute approximate surface area is 74.0 Å². The van der Waals surface area contributed by atoms with Crippen LogP contribution in [-0.4, -0.2) is 11.3 Å². The molecule has 2 nitrogen and oxygen atoms in total. The molecule has 0 spiro atoms. The molecule has 0 atom stereocenters. The number of halogens is 1. The van der Waals surface area contributed by atoms with Gasteiger partial charge in [0, 0.05) is 11.6 Å². The maximum atomic E-state index is 13.4. The van der Waals surface area contributed by atoms with Crippen LogP contribution in [0.5, 0.6) is 0 Å². The number of fused-ring (bicyclic) bond motifs is 1. The van der Waals surface area contributed by atoms with E-state index in [-0.39, 0.29) is 5.56 Å². The van der Waals surface area contributed by atoms with Crippen LogP contribution in [-0.2, 0) is 0 Å². The summed E-state index contributed by atoms with van der Waals surface area (Å²) in [5.74, 6) is -0.499. The highest BCUT2D eigenvalue weighted by molar-refractivity contribution is 5.86. The Bertz CT molecular complexity index is 467. The molecule has 0 fully saturated rings. The summed E-state index contributed by atoms with van der Waals surface area (Å²) in [4.78, 5) is 14.3. The second kappa shape index (κ2) is 2.94. The summed E-state index contributed by atoms with van der Waals surface area (Å²) < 4.78 is 13.4. The Morgan fingerprint density at radius 3 is 2.85 bits per heavy atom. The van der Waals surface area contributed by atoms with E-state index >= 15 is 0 Å². The molecular weight excluding hydrogens is 169 g/mol. The molecule has 0 amide bonds. The molecule has 0 saturated heterocycles. The number of carbonyl (C=O) groups is 1. The minimum absolute atomic E-state index is 0.00120. The number of carbonyl (C=O) groups excluding carboxylic acids is 1. The Morgan fingerprint density at radius 2 is 2.08 bits per heavy atom. The third-order valence-electron chi connectivity index (χ3n) is 1.86. The summed E-state index contributed by atoms with van der Waals surface area (Å²) in [7, 11) is 0. The van der Waals surface area contributed by atoms with Gasteiger partial charge in [0.25, 0.3) is 0 Å². The normalized spacial score (nSPS) is 10.2. The third-order valence-corrected chi connectivity index (χ3v) is 1.86. The van der Waals surface area contributed by atoms with E-state index in [0.29, 0.717) is 17.2 Å². The van der Waals surface area contributed by atoms with E-state index in [0.717, 1.165) is 0 Å². The Morgan fingerprint density at radius 1 is 1.31 bits per heavy atom. The van der Waals surface area contributed by atoms with Crippen LogP contribution >= 0.6 is 0 Å². The summed E-state index contributed by atoms with van der Waals surface area (Å²) >= 11 is 0. The minimum Gasteiger partial charge on any atom is -0.298 e. The quantitative estimate of drug-likeness (QED) is 0.622. The van der Waals surface area contributed by atoms with Gasteiger partial charge in [-0.3, -0.25) is 9.78 Å². The zero-order valence-electron chi connectivity index (χ0n) is 6.70. The van der Waals surface area contributed by atoms with Gasteiger partial charge in [-0.1, -0.05) is 12.1 Å². The van der Waals surface area contributed by atoms with E-state index in [1.807, 2.05) is 0 Å². The van der Waals surface area contributed by atoms with Crippen molar-refractivity contribution in [2.24, 2.45) is 0 Å². The fraction of sp³-hybridized carbons (Fsp3) is 0. The first-order valence-electron chi connectivity index (χ1n) is 3.81. The molecule has 64 valence electrons. The van der Waals surface area contributed by atoms with E-state index < -0.39 is 5.82 Å². The van der Waals surface area contributed by atoms with Crippen molar-refractivity contribution in [2.45, 2.75) is 0 Å². The van der Waals surface area contributed by atoms with Crippen molar-refractivity contribution in [1.82, 2.24) is 4.98 Å². The minimum atomic E-state index is -0.499. The summed E-state index contributed by atoms with van der Waals surface area (Å²) in [6, 6.07) is 6.79. The summed E-state index contributed by atoms with van der Waals surface area (Å²) in [5.41, 5.74) is 0.560. The van der Waals surface area contributed by atoms with Crippen molar-refractivity contribution in [1.29, 1.82) is 0 Å². The van der Waals surface area contributed by atoms with Crippen LogP contribution in [0.15, 0.2) is 30.5 Å². The summed E-state index contributed by atoms with van der Waals surface area (Å²) in [5, 5.41) is 0.382. The monoisotopic (exact) mass is 175 g/mol. The predicted octanol–water partition coefficient (Wildman–Crippen LogP) is 2.19. The van der Waals surface area contributed by atoms with E-state index in [4.69, 9.17) is 0 Å². The third kappa shape index (κ3) is 1.18. The molecule has 13 heavy (non-hydrogen) atoms. The molecule has 2 aromatic rings. The van der Waals surface area contributed by atoms with Crippen LogP contribution in [0.4, 0.5) is 4.39 Å². The maximum Gasteiger partial charge on any atom is 0.154 e. The first kappa shape index (κ1) is 7.86. The van der Waals surface area contributed by atoms with Gasteiger partial charge in [-0.2, -0.15) is 0 Å². The fourth-order valence-electron chi connectivity index (χ4n) is 1.21. The first-order valence-corrected chi connectivity index (χ1v) is 3.81. The number of para-hydroxylation sites is 1. The molecule has 3 heteroatoms. The summed E-state index contributed by atoms with van der Waals surface area (Å²) in [6.45, 7) is 0. The van der Waals surface area contributed by atoms with Crippen molar-refractivity contribution in [3.05, 3.63) is 41.8 Å². The van der Waals surface area contributed by atoms with Crippen LogP contribution in [0.2, 0.25) is 0 Å². The number of nitrogens with zero attached hydrogens (tertiary/aromatic N) is 1. The molecule has 0 aliphatic rings. The van der Waals surface area contributed by atoms with Crippen molar-refractivity contribution in [3.8, 4) is 0 Å². The molecule has 2 rings (SSSR count). The standard InChI is InChI=1S/C10H6FNO/c11-10-7(6-13)5-12-9-4-2-1-3-8(9)10/h1-6H. The van der Waals surface area contributed by atoms with Crippen LogP contribution in [0, 0.1) is 5.82 Å². The Kier molecular flexibility index (Phi) is 1.77. The molecule has 1 heterocycles. The van der Waals surface area contributed by atoms with Gasteiger partial charge in [0.05, 0.1) is 11.1 Å². The van der Waals surface area contributed by atoms with Crippen molar-refractivity contribution < 1.29 is 9.18 Å². The number of rotatable bonds is 1. The number of pyridine rings is 1. The number of benzene rings is 1. The lowest BCUT2D eigenvalue weighted by Crippen LogP contribution is -1.91. The van der Waals surface area contributed by atoms with Gasteiger partial charge < -0.3 is 0 Å². The fourth-order valence-corrected chi connectivity index (χ4v) is 1.21. The van der Waals surface area contributed by atoms with E-state index in [2.05, 4.69) is 4.98 Å². The molecule has 0 aliphatic carbocycles. The molecule has 0 radical (unpaired) electrons. The molecule has 1 aromatic heterocycles. The lowest BCUT2D eigenvalue weighted by molar-refractivity contribution is 0.112. The molecular formula is C10H6FNO. The van der Waals surface area contributed by atoms with E-state index in [1.165, 1.54) is 6.20 Å². The number of aldehydes is 1. The van der Waals surface area contributed by atoms with Crippen LogP contribution < -0.4 is 0 Å². The van der Waals surface area contributed by atoms with Crippen LogP contribution in [0.3, 0.4) is 0 Å². The number of aromatic nitrogens is 1. The zero-order valence-corrected chi connectivity index (χ0v) is 6.70. The number of hydrogen-bond donors (Lipinski definition) is 0. The highest BCUT2D eigenvalue weighted by Gasteiger charge is 2.05. The maximum absolute atomic E-state index is 13.4. The van der Waals surface area contributed by atoms with Crippen molar-refractivity contribution >= 4 is 17.2 Å². The van der Waals surface area contributed by atoms with Crippen molar-refractivity contribution in [3.63, 3.8) is 0 Å². The molecule has 0 unspecified atom stereocenters. The average Bonchev–Trinajstić information content (AvgIpc) is 2.19. The average molecular weight is 175 g/mol. The van der Waals surface area contributed by atoms with Gasteiger partial charge in [0.15, 0.2) is 6.29 Å². The van der Waals surface area contributed by atoms with Gasteiger partial charge in [0.1, 0.15) is 5.82 Å². The molecule has 0 N–H and O–H groups in total. The molecule has 1 aromatic carbocycles. The van der Waals surface area contributed by atoms with Crippen LogP contribution in [0.25, 0.3) is 10.9 Å². The topological polar surface area (TPSA) is 30.0 Å². The molecule has 0 bridgehead atoms. The highest BCUT2D eigenvalue weighted by atomic mass is 19.1. The van der Waals surface area contributed by atoms with Gasteiger partial charge in [-0.05, 0) is 12.1 Å². The Balaban J connectivity index is 2.86. The zero-order chi connectivity index (χ0) is 9.26. The SMILES string of the molecule is O=Cc1cnc2ccccc2c1F. The summed E-state index contributed by atoms with van der Waals surface area (Å²) in [6.07, 6.45) is 1.71. The van der Waals surface area contributed by atoms with Crippen molar-refractivity contribution in [2.75, 3.05) is 0 Å². The molecule has 0 saturated carbocycles. The van der Waals surface area contributed by atoms with E-state index in [1.54, 1.807) is 24.3 Å².